The summed E-state index contributed by atoms with van der Waals surface area (Å²) in [7, 11) is 0. The second kappa shape index (κ2) is 8.44. The van der Waals surface area contributed by atoms with E-state index in [1.165, 1.54) is 43.5 Å². The number of benzene rings is 2. The molecule has 2 aliphatic heterocycles. The summed E-state index contributed by atoms with van der Waals surface area (Å²) in [6.45, 7) is 4.27. The van der Waals surface area contributed by atoms with Gasteiger partial charge in [-0.2, -0.15) is 0 Å². The fourth-order valence-electron chi connectivity index (χ4n) is 3.85. The second-order valence-corrected chi connectivity index (χ2v) is 7.34. The van der Waals surface area contributed by atoms with Gasteiger partial charge >= 0.3 is 0 Å². The monoisotopic (exact) mass is 367 g/mol. The second-order valence-electron chi connectivity index (χ2n) is 7.34. The van der Waals surface area contributed by atoms with E-state index in [-0.39, 0.29) is 12.5 Å². The number of carbonyl (C=O) groups excluding carboxylic acids is 1. The summed E-state index contributed by atoms with van der Waals surface area (Å²) >= 11 is 0. The number of rotatable bonds is 5. The molecule has 4 rings (SSSR count). The SMILES string of the molecule is O=C(NCc1ccccc1C[NH+]1CCCCC1)[C@@H]1COc2ccccc2O1. The third-order valence-corrected chi connectivity index (χ3v) is 5.37. The lowest BCUT2D eigenvalue weighted by Gasteiger charge is -2.26. The molecule has 1 atom stereocenters. The van der Waals surface area contributed by atoms with Crippen molar-refractivity contribution in [2.45, 2.75) is 38.5 Å². The van der Waals surface area contributed by atoms with Crippen LogP contribution in [0.3, 0.4) is 0 Å². The maximum atomic E-state index is 12.6. The van der Waals surface area contributed by atoms with Crippen LogP contribution in [0.4, 0.5) is 0 Å². The molecule has 0 radical (unpaired) electrons. The molecule has 0 aliphatic carbocycles. The van der Waals surface area contributed by atoms with Crippen LogP contribution in [-0.4, -0.2) is 31.7 Å². The van der Waals surface area contributed by atoms with Crippen LogP contribution in [0.5, 0.6) is 11.5 Å². The normalized spacial score (nSPS) is 19.5. The molecule has 2 aliphatic rings. The molecule has 2 heterocycles. The molecule has 5 nitrogen and oxygen atoms in total. The molecule has 0 bridgehead atoms. The van der Waals surface area contributed by atoms with Gasteiger partial charge in [-0.15, -0.1) is 0 Å². The number of fused-ring (bicyclic) bond motifs is 1. The van der Waals surface area contributed by atoms with Crippen molar-refractivity contribution in [1.82, 2.24) is 5.32 Å². The summed E-state index contributed by atoms with van der Waals surface area (Å²) in [5, 5.41) is 3.02. The summed E-state index contributed by atoms with van der Waals surface area (Å²) in [6, 6.07) is 15.8. The van der Waals surface area contributed by atoms with Gasteiger partial charge < -0.3 is 19.7 Å². The molecule has 0 unspecified atom stereocenters. The summed E-state index contributed by atoms with van der Waals surface area (Å²) in [6.07, 6.45) is 3.37. The fraction of sp³-hybridized carbons (Fsp3) is 0.409. The van der Waals surface area contributed by atoms with Gasteiger partial charge in [0.1, 0.15) is 13.2 Å². The molecule has 27 heavy (non-hydrogen) atoms. The van der Waals surface area contributed by atoms with Crippen molar-refractivity contribution in [2.24, 2.45) is 0 Å². The largest absolute Gasteiger partial charge is 0.485 e. The van der Waals surface area contributed by atoms with Gasteiger partial charge in [0.15, 0.2) is 11.5 Å². The summed E-state index contributed by atoms with van der Waals surface area (Å²) in [5.41, 5.74) is 2.50. The third-order valence-electron chi connectivity index (χ3n) is 5.37. The van der Waals surface area contributed by atoms with Gasteiger partial charge in [-0.05, 0) is 37.0 Å². The van der Waals surface area contributed by atoms with Crippen molar-refractivity contribution in [3.8, 4) is 11.5 Å². The molecule has 142 valence electrons. The number of piperidine rings is 1. The van der Waals surface area contributed by atoms with E-state index in [1.807, 2.05) is 30.3 Å². The van der Waals surface area contributed by atoms with E-state index < -0.39 is 6.10 Å². The quantitative estimate of drug-likeness (QED) is 0.846. The van der Waals surface area contributed by atoms with Crippen molar-refractivity contribution in [1.29, 1.82) is 0 Å². The number of ether oxygens (including phenoxy) is 2. The van der Waals surface area contributed by atoms with Crippen LogP contribution in [0, 0.1) is 0 Å². The number of amides is 1. The molecular weight excluding hydrogens is 340 g/mol. The van der Waals surface area contributed by atoms with Crippen molar-refractivity contribution in [3.63, 3.8) is 0 Å². The Bertz CT molecular complexity index is 787. The average Bonchev–Trinajstić information content (AvgIpc) is 2.73. The zero-order chi connectivity index (χ0) is 18.5. The number of para-hydroxylation sites is 2. The van der Waals surface area contributed by atoms with Gasteiger partial charge in [0.25, 0.3) is 5.91 Å². The topological polar surface area (TPSA) is 52.0 Å². The maximum Gasteiger partial charge on any atom is 0.264 e. The lowest BCUT2D eigenvalue weighted by atomic mass is 10.0. The standard InChI is InChI=1S/C22H26N2O3/c25-22(21-16-26-19-10-4-5-11-20(19)27-21)23-14-17-8-2-3-9-18(17)15-24-12-6-1-7-13-24/h2-5,8-11,21H,1,6-7,12-16H2,(H,23,25)/p+1/t21-/m0/s1. The van der Waals surface area contributed by atoms with Crippen LogP contribution < -0.4 is 19.7 Å². The lowest BCUT2D eigenvalue weighted by Crippen LogP contribution is -3.11. The van der Waals surface area contributed by atoms with E-state index in [9.17, 15) is 4.79 Å². The van der Waals surface area contributed by atoms with Gasteiger partial charge in [0, 0.05) is 12.1 Å². The van der Waals surface area contributed by atoms with Crippen LogP contribution in [0.2, 0.25) is 0 Å². The molecule has 2 N–H and O–H groups in total. The first-order valence-electron chi connectivity index (χ1n) is 9.86. The molecule has 0 saturated carbocycles. The van der Waals surface area contributed by atoms with E-state index >= 15 is 0 Å². The van der Waals surface area contributed by atoms with Crippen LogP contribution in [-0.2, 0) is 17.9 Å². The van der Waals surface area contributed by atoms with Crippen LogP contribution in [0.1, 0.15) is 30.4 Å². The summed E-state index contributed by atoms with van der Waals surface area (Å²) in [4.78, 5) is 14.2. The zero-order valence-corrected chi connectivity index (χ0v) is 15.6. The first-order valence-corrected chi connectivity index (χ1v) is 9.86. The van der Waals surface area contributed by atoms with Gasteiger partial charge in [-0.3, -0.25) is 4.79 Å². The highest BCUT2D eigenvalue weighted by atomic mass is 16.6. The number of nitrogens with one attached hydrogen (secondary N) is 2. The van der Waals surface area contributed by atoms with Crippen molar-refractivity contribution >= 4 is 5.91 Å². The number of hydrogen-bond donors (Lipinski definition) is 2. The highest BCUT2D eigenvalue weighted by Crippen LogP contribution is 2.30. The van der Waals surface area contributed by atoms with Crippen LogP contribution >= 0.6 is 0 Å². The Morgan fingerprint density at radius 2 is 1.67 bits per heavy atom. The fourth-order valence-corrected chi connectivity index (χ4v) is 3.85. The minimum atomic E-state index is -0.611. The van der Waals surface area contributed by atoms with Gasteiger partial charge in [0.2, 0.25) is 6.10 Å². The molecular formula is C22H27N2O3+. The molecule has 1 fully saturated rings. The lowest BCUT2D eigenvalue weighted by molar-refractivity contribution is -0.918. The predicted molar refractivity (Wildman–Crippen MR) is 103 cm³/mol. The number of hydrogen-bond acceptors (Lipinski definition) is 3. The van der Waals surface area contributed by atoms with Crippen molar-refractivity contribution < 1.29 is 19.2 Å². The van der Waals surface area contributed by atoms with E-state index in [0.29, 0.717) is 18.0 Å². The van der Waals surface area contributed by atoms with Crippen molar-refractivity contribution in [3.05, 3.63) is 59.7 Å². The third kappa shape index (κ3) is 4.42. The summed E-state index contributed by atoms with van der Waals surface area (Å²) < 4.78 is 11.4. The van der Waals surface area contributed by atoms with E-state index in [1.54, 1.807) is 4.90 Å². The Morgan fingerprint density at radius 1 is 0.963 bits per heavy atom. The van der Waals surface area contributed by atoms with Gasteiger partial charge in [-0.25, -0.2) is 0 Å². The zero-order valence-electron chi connectivity index (χ0n) is 15.6. The van der Waals surface area contributed by atoms with E-state index in [0.717, 1.165) is 6.54 Å². The molecule has 0 spiro atoms. The van der Waals surface area contributed by atoms with Crippen LogP contribution in [0.15, 0.2) is 48.5 Å². The molecule has 1 saturated heterocycles. The Labute approximate surface area is 160 Å². The Hall–Kier alpha value is -2.53. The molecule has 2 aromatic carbocycles. The van der Waals surface area contributed by atoms with E-state index in [4.69, 9.17) is 9.47 Å². The highest BCUT2D eigenvalue weighted by molar-refractivity contribution is 5.81. The minimum absolute atomic E-state index is 0.135. The number of likely N-dealkylation sites (tertiary alicyclic amines) is 1. The average molecular weight is 367 g/mol. The molecule has 2 aromatic rings. The Morgan fingerprint density at radius 3 is 2.48 bits per heavy atom. The molecule has 1 amide bonds. The molecule has 5 heteroatoms. The maximum absolute atomic E-state index is 12.6. The smallest absolute Gasteiger partial charge is 0.264 e. The van der Waals surface area contributed by atoms with E-state index in [2.05, 4.69) is 23.5 Å². The van der Waals surface area contributed by atoms with Gasteiger partial charge in [0.05, 0.1) is 13.1 Å². The highest BCUT2D eigenvalue weighted by Gasteiger charge is 2.27. The Kier molecular flexibility index (Phi) is 5.58. The van der Waals surface area contributed by atoms with Crippen LogP contribution in [0.25, 0.3) is 0 Å². The minimum Gasteiger partial charge on any atom is -0.485 e. The first-order chi connectivity index (χ1) is 13.3. The van der Waals surface area contributed by atoms with Crippen molar-refractivity contribution in [2.75, 3.05) is 19.7 Å². The summed E-state index contributed by atoms with van der Waals surface area (Å²) in [5.74, 6) is 1.18. The Balaban J connectivity index is 1.35. The number of quaternary nitrogens is 1. The first kappa shape index (κ1) is 17.9. The molecule has 0 aromatic heterocycles. The number of carbonyl (C=O) groups is 1. The van der Waals surface area contributed by atoms with Gasteiger partial charge in [-0.1, -0.05) is 36.4 Å². The predicted octanol–water partition coefficient (Wildman–Crippen LogP) is 1.71.